The van der Waals surface area contributed by atoms with Gasteiger partial charge in [-0.15, -0.1) is 0 Å². The van der Waals surface area contributed by atoms with Crippen molar-refractivity contribution in [3.8, 4) is 0 Å². The lowest BCUT2D eigenvalue weighted by Crippen LogP contribution is -2.30. The summed E-state index contributed by atoms with van der Waals surface area (Å²) in [5, 5.41) is 10.7. The second-order valence-electron chi connectivity index (χ2n) is 31.5. The largest absolute Gasteiger partial charge is 0.472 e. The van der Waals surface area contributed by atoms with Gasteiger partial charge in [0, 0.05) is 25.7 Å². The fraction of sp³-hybridized carbons (Fsp3) is 0.953. The molecule has 0 bridgehead atoms. The number of aliphatic hydroxyl groups excluding tert-OH is 1. The molecular formula is C85H166O17P2. The molecule has 19 heteroatoms. The van der Waals surface area contributed by atoms with E-state index in [1.54, 1.807) is 0 Å². The van der Waals surface area contributed by atoms with Gasteiger partial charge in [-0.1, -0.05) is 395 Å². The molecule has 0 radical (unpaired) electrons. The molecule has 4 unspecified atom stereocenters. The quantitative estimate of drug-likeness (QED) is 0.0222. The number of aliphatic hydroxyl groups is 1. The third kappa shape index (κ3) is 75.5. The predicted octanol–water partition coefficient (Wildman–Crippen LogP) is 25.7. The first-order chi connectivity index (χ1) is 50.3. The van der Waals surface area contributed by atoms with Crippen LogP contribution < -0.4 is 0 Å². The van der Waals surface area contributed by atoms with Crippen LogP contribution in [0.15, 0.2) is 0 Å². The molecule has 0 spiro atoms. The highest BCUT2D eigenvalue weighted by Crippen LogP contribution is 2.45. The van der Waals surface area contributed by atoms with Crippen LogP contribution in [0.4, 0.5) is 0 Å². The summed E-state index contributed by atoms with van der Waals surface area (Å²) in [7, 11) is -9.93. The molecule has 0 aliphatic carbocycles. The fourth-order valence-electron chi connectivity index (χ4n) is 13.1. The maximum Gasteiger partial charge on any atom is 0.472 e. The molecule has 0 aromatic heterocycles. The summed E-state index contributed by atoms with van der Waals surface area (Å²) in [5.74, 6) is 0.317. The zero-order valence-electron chi connectivity index (χ0n) is 68.5. The van der Waals surface area contributed by atoms with E-state index in [0.717, 1.165) is 108 Å². The summed E-state index contributed by atoms with van der Waals surface area (Å²) >= 11 is 0. The van der Waals surface area contributed by atoms with Gasteiger partial charge in [0.15, 0.2) is 12.2 Å². The summed E-state index contributed by atoms with van der Waals surface area (Å²) in [6.07, 6.45) is 65.1. The van der Waals surface area contributed by atoms with E-state index in [4.69, 9.17) is 37.0 Å². The molecule has 0 aliphatic heterocycles. The maximum absolute atomic E-state index is 13.1. The Kier molecular flexibility index (Phi) is 73.7. The van der Waals surface area contributed by atoms with Gasteiger partial charge in [-0.2, -0.15) is 0 Å². The number of ether oxygens (including phenoxy) is 4. The number of rotatable bonds is 83. The molecule has 0 heterocycles. The first kappa shape index (κ1) is 102. The van der Waals surface area contributed by atoms with Crippen molar-refractivity contribution < 1.29 is 80.2 Å². The van der Waals surface area contributed by atoms with Gasteiger partial charge in [0.25, 0.3) is 0 Å². The average molecular weight is 1520 g/mol. The van der Waals surface area contributed by atoms with E-state index in [9.17, 15) is 43.2 Å². The number of carbonyl (C=O) groups excluding carboxylic acids is 4. The van der Waals surface area contributed by atoms with Crippen LogP contribution >= 0.6 is 15.6 Å². The molecule has 0 aliphatic rings. The van der Waals surface area contributed by atoms with Crippen LogP contribution in [0.25, 0.3) is 0 Å². The maximum atomic E-state index is 13.1. The molecule has 0 saturated carbocycles. The SMILES string of the molecule is CCCCCCCCCCCCCCCCCCCC(=O)O[C@H](COC(=O)CCCCCCCCCCC(C)C)COP(=O)(O)OC[C@H](O)COP(=O)(O)OC[C@@H](COC(=O)CCCCCCCCCCCCCCCCC(C)CC)OC(=O)CCCCCCCCCCCCCCCCC(C)CC. The molecule has 7 atom stereocenters. The Bertz CT molecular complexity index is 2010. The molecule has 0 rings (SSSR count). The van der Waals surface area contributed by atoms with E-state index in [0.29, 0.717) is 25.7 Å². The number of esters is 4. The molecule has 0 aromatic carbocycles. The minimum absolute atomic E-state index is 0.108. The van der Waals surface area contributed by atoms with Gasteiger partial charge in [-0.25, -0.2) is 9.13 Å². The van der Waals surface area contributed by atoms with Crippen molar-refractivity contribution in [2.75, 3.05) is 39.6 Å². The molecule has 0 saturated heterocycles. The lowest BCUT2D eigenvalue weighted by Gasteiger charge is -2.21. The van der Waals surface area contributed by atoms with Crippen LogP contribution in [0.5, 0.6) is 0 Å². The van der Waals surface area contributed by atoms with Crippen LogP contribution in [0.2, 0.25) is 0 Å². The van der Waals surface area contributed by atoms with E-state index in [2.05, 4.69) is 48.5 Å². The second-order valence-corrected chi connectivity index (χ2v) is 34.4. The molecule has 104 heavy (non-hydrogen) atoms. The minimum atomic E-state index is -4.97. The molecule has 17 nitrogen and oxygen atoms in total. The Hall–Kier alpha value is -1.94. The van der Waals surface area contributed by atoms with Crippen molar-refractivity contribution in [2.45, 2.75) is 465 Å². The zero-order chi connectivity index (χ0) is 76.5. The van der Waals surface area contributed by atoms with Crippen LogP contribution in [0.1, 0.15) is 447 Å². The standard InChI is InChI=1S/C85H166O17P2/c1-8-11-12-13-14-15-16-17-18-19-20-28-33-38-47-54-61-68-85(90)102-81(73-96-83(88)67-60-53-46-41-40-42-49-56-63-76(4)5)75-100-104(93,94)98-71-79(86)70-97-103(91,92)99-74-80(101-84(89)69-62-55-48-39-34-29-24-22-26-31-36-44-51-58-65-78(7)10-3)72-95-82(87)66-59-52-45-37-32-27-23-21-25-30-35-43-50-57-64-77(6)9-2/h76-81,86H,8-75H2,1-7H3,(H,91,92)(H,93,94)/t77?,78?,79-,80-,81-/m1/s1. The normalized spacial score (nSPS) is 14.4. The first-order valence-electron chi connectivity index (χ1n) is 43.9. The van der Waals surface area contributed by atoms with Crippen LogP contribution in [-0.2, 0) is 65.4 Å². The highest BCUT2D eigenvalue weighted by atomic mass is 31.2. The number of hydrogen-bond donors (Lipinski definition) is 3. The summed E-state index contributed by atoms with van der Waals surface area (Å²) in [6, 6.07) is 0. The Balaban J connectivity index is 5.26. The molecule has 0 amide bonds. The summed E-state index contributed by atoms with van der Waals surface area (Å²) in [4.78, 5) is 73.2. The van der Waals surface area contributed by atoms with Gasteiger partial charge < -0.3 is 33.8 Å². The summed E-state index contributed by atoms with van der Waals surface area (Å²) in [5.41, 5.74) is 0. The average Bonchev–Trinajstić information content (AvgIpc) is 0.906. The summed E-state index contributed by atoms with van der Waals surface area (Å²) < 4.78 is 68.9. The van der Waals surface area contributed by atoms with E-state index in [1.807, 2.05) is 0 Å². The van der Waals surface area contributed by atoms with Crippen molar-refractivity contribution in [1.29, 1.82) is 0 Å². The number of phosphoric acid groups is 2. The topological polar surface area (TPSA) is 237 Å². The highest BCUT2D eigenvalue weighted by Gasteiger charge is 2.30. The van der Waals surface area contributed by atoms with E-state index in [-0.39, 0.29) is 25.7 Å². The Labute approximate surface area is 638 Å². The smallest absolute Gasteiger partial charge is 0.462 e. The molecule has 618 valence electrons. The number of hydrogen-bond acceptors (Lipinski definition) is 15. The fourth-order valence-corrected chi connectivity index (χ4v) is 14.7. The lowest BCUT2D eigenvalue weighted by molar-refractivity contribution is -0.161. The highest BCUT2D eigenvalue weighted by molar-refractivity contribution is 7.47. The number of phosphoric ester groups is 2. The lowest BCUT2D eigenvalue weighted by atomic mass is 9.99. The van der Waals surface area contributed by atoms with Crippen molar-refractivity contribution in [2.24, 2.45) is 17.8 Å². The summed E-state index contributed by atoms with van der Waals surface area (Å²) in [6.45, 7) is 12.1. The molecule has 0 aromatic rings. The van der Waals surface area contributed by atoms with Gasteiger partial charge in [0.1, 0.15) is 19.3 Å². The van der Waals surface area contributed by atoms with Gasteiger partial charge in [0.05, 0.1) is 26.4 Å². The van der Waals surface area contributed by atoms with E-state index >= 15 is 0 Å². The monoisotopic (exact) mass is 1520 g/mol. The first-order valence-corrected chi connectivity index (χ1v) is 46.9. The third-order valence-electron chi connectivity index (χ3n) is 20.6. The van der Waals surface area contributed by atoms with Crippen LogP contribution in [-0.4, -0.2) is 96.7 Å². The van der Waals surface area contributed by atoms with Crippen LogP contribution in [0.3, 0.4) is 0 Å². The Morgan fingerprint density at radius 1 is 0.279 bits per heavy atom. The third-order valence-corrected chi connectivity index (χ3v) is 22.5. The van der Waals surface area contributed by atoms with Crippen molar-refractivity contribution >= 4 is 39.5 Å². The Morgan fingerprint density at radius 3 is 0.731 bits per heavy atom. The molecule has 0 fully saturated rings. The predicted molar refractivity (Wildman–Crippen MR) is 428 cm³/mol. The van der Waals surface area contributed by atoms with Gasteiger partial charge in [0.2, 0.25) is 0 Å². The Morgan fingerprint density at radius 2 is 0.490 bits per heavy atom. The van der Waals surface area contributed by atoms with Gasteiger partial charge in [-0.05, 0) is 43.4 Å². The van der Waals surface area contributed by atoms with Crippen LogP contribution in [0, 0.1) is 17.8 Å². The second kappa shape index (κ2) is 75.1. The van der Waals surface area contributed by atoms with E-state index in [1.165, 1.54) is 257 Å². The number of unbranched alkanes of at least 4 members (excludes halogenated alkanes) is 49. The molecular weight excluding hydrogens is 1350 g/mol. The van der Waals surface area contributed by atoms with Crippen molar-refractivity contribution in [3.63, 3.8) is 0 Å². The number of carbonyl (C=O) groups is 4. The van der Waals surface area contributed by atoms with E-state index < -0.39 is 97.5 Å². The van der Waals surface area contributed by atoms with Crippen molar-refractivity contribution in [3.05, 3.63) is 0 Å². The van der Waals surface area contributed by atoms with Gasteiger partial charge >= 0.3 is 39.5 Å². The zero-order valence-corrected chi connectivity index (χ0v) is 70.3. The van der Waals surface area contributed by atoms with Gasteiger partial charge in [-0.3, -0.25) is 37.3 Å². The van der Waals surface area contributed by atoms with Crippen molar-refractivity contribution in [1.82, 2.24) is 0 Å². The molecule has 3 N–H and O–H groups in total. The minimum Gasteiger partial charge on any atom is -0.462 e.